The van der Waals surface area contributed by atoms with Gasteiger partial charge in [-0.05, 0) is 24.3 Å². The van der Waals surface area contributed by atoms with Crippen LogP contribution in [0, 0.1) is 0 Å². The van der Waals surface area contributed by atoms with Crippen LogP contribution in [-0.2, 0) is 5.92 Å². The second kappa shape index (κ2) is 10.6. The molecule has 1 atom stereocenters. The molecule has 2 aliphatic heterocycles. The van der Waals surface area contributed by atoms with Crippen LogP contribution >= 0.6 is 0 Å². The number of aliphatic hydroxyl groups excluding tert-OH is 1. The maximum Gasteiger partial charge on any atom is 0.306 e. The number of benzene rings is 1. The normalized spacial score (nSPS) is 19.1. The highest BCUT2D eigenvalue weighted by Gasteiger charge is 2.38. The van der Waals surface area contributed by atoms with Gasteiger partial charge in [0, 0.05) is 80.9 Å². The smallest absolute Gasteiger partial charge is 0.306 e. The van der Waals surface area contributed by atoms with Crippen molar-refractivity contribution in [2.24, 2.45) is 0 Å². The lowest BCUT2D eigenvalue weighted by atomic mass is 10.0. The van der Waals surface area contributed by atoms with Gasteiger partial charge in [-0.25, -0.2) is 23.7 Å². The number of likely N-dealkylation sites (tertiary alicyclic amines) is 1. The molecule has 12 heteroatoms. The molecule has 208 valence electrons. The van der Waals surface area contributed by atoms with Crippen molar-refractivity contribution in [2.45, 2.75) is 50.2 Å². The van der Waals surface area contributed by atoms with Crippen LogP contribution < -0.4 is 10.2 Å². The second-order valence-electron chi connectivity index (χ2n) is 10.1. The van der Waals surface area contributed by atoms with Crippen molar-refractivity contribution in [3.8, 4) is 0 Å². The van der Waals surface area contributed by atoms with Crippen molar-refractivity contribution in [3.05, 3.63) is 59.7 Å². The Balaban J connectivity index is 1.35. The first-order chi connectivity index (χ1) is 18.6. The fraction of sp³-hybridized carbons (Fsp3) is 0.481. The van der Waals surface area contributed by atoms with E-state index in [1.165, 1.54) is 19.3 Å². The summed E-state index contributed by atoms with van der Waals surface area (Å²) in [6.45, 7) is 2.54. The van der Waals surface area contributed by atoms with Gasteiger partial charge in [-0.3, -0.25) is 9.69 Å². The molecule has 1 aromatic carbocycles. The summed E-state index contributed by atoms with van der Waals surface area (Å²) in [4.78, 5) is 29.3. The number of hydrogen-bond acceptors (Lipinski definition) is 7. The van der Waals surface area contributed by atoms with Gasteiger partial charge in [0.15, 0.2) is 5.82 Å². The Labute approximate surface area is 223 Å². The van der Waals surface area contributed by atoms with Gasteiger partial charge in [0.25, 0.3) is 11.8 Å². The average Bonchev–Trinajstić information content (AvgIpc) is 2.91. The fourth-order valence-corrected chi connectivity index (χ4v) is 4.92. The van der Waals surface area contributed by atoms with E-state index in [1.54, 1.807) is 29.2 Å². The highest BCUT2D eigenvalue weighted by Crippen LogP contribution is 2.33. The number of aromatic nitrogens is 3. The van der Waals surface area contributed by atoms with Crippen LogP contribution in [0.4, 0.5) is 23.4 Å². The molecular weight excluding hydrogens is 516 g/mol. The lowest BCUT2D eigenvalue weighted by Gasteiger charge is -2.37. The minimum absolute atomic E-state index is 0.0465. The van der Waals surface area contributed by atoms with Gasteiger partial charge in [0.05, 0.1) is 17.7 Å². The molecule has 1 amide bonds. The number of amides is 1. The highest BCUT2D eigenvalue weighted by molar-refractivity contribution is 6.06. The van der Waals surface area contributed by atoms with E-state index in [2.05, 4.69) is 20.3 Å². The Bertz CT molecular complexity index is 1320. The predicted octanol–water partition coefficient (Wildman–Crippen LogP) is 3.91. The first-order valence-electron chi connectivity index (χ1n) is 13.0. The minimum atomic E-state index is -3.17. The van der Waals surface area contributed by atoms with Gasteiger partial charge >= 0.3 is 5.92 Å². The van der Waals surface area contributed by atoms with Crippen molar-refractivity contribution in [1.29, 1.82) is 0 Å². The van der Waals surface area contributed by atoms with Crippen LogP contribution in [-0.4, -0.2) is 75.6 Å². The third-order valence-corrected chi connectivity index (χ3v) is 7.40. The third kappa shape index (κ3) is 5.81. The van der Waals surface area contributed by atoms with Crippen molar-refractivity contribution in [3.63, 3.8) is 0 Å². The molecule has 4 heterocycles. The quantitative estimate of drug-likeness (QED) is 0.414. The maximum atomic E-state index is 14.0. The second-order valence-corrected chi connectivity index (χ2v) is 10.1. The molecule has 3 aromatic rings. The zero-order valence-electron chi connectivity index (χ0n) is 21.5. The lowest BCUT2D eigenvalue weighted by molar-refractivity contribution is -0.0633. The first-order valence-corrected chi connectivity index (χ1v) is 13.0. The molecule has 0 spiro atoms. The van der Waals surface area contributed by atoms with Gasteiger partial charge in [-0.2, -0.15) is 8.78 Å². The van der Waals surface area contributed by atoms with E-state index < -0.39 is 30.1 Å². The molecule has 8 nitrogen and oxygen atoms in total. The molecule has 2 aromatic heterocycles. The Kier molecular flexibility index (Phi) is 7.43. The molecule has 2 N–H and O–H groups in total. The SMILES string of the molecule is CCC(F)(F)c1ncc(C(CNC(=O)c2cccc3nc(N4CC(O)C4)ccc23)N2CCC(F)(F)CC2)cn1. The predicted molar refractivity (Wildman–Crippen MR) is 137 cm³/mol. The molecule has 2 aliphatic rings. The summed E-state index contributed by atoms with van der Waals surface area (Å²) in [7, 11) is 0. The van der Waals surface area contributed by atoms with Gasteiger partial charge < -0.3 is 15.3 Å². The van der Waals surface area contributed by atoms with Crippen molar-refractivity contribution in [2.75, 3.05) is 37.6 Å². The minimum Gasteiger partial charge on any atom is -0.389 e. The number of nitrogens with one attached hydrogen (secondary N) is 1. The summed E-state index contributed by atoms with van der Waals surface area (Å²) in [5, 5.41) is 13.1. The third-order valence-electron chi connectivity index (χ3n) is 7.40. The van der Waals surface area contributed by atoms with Crippen molar-refractivity contribution >= 4 is 22.6 Å². The number of rotatable bonds is 8. The number of halogens is 4. The molecule has 0 saturated carbocycles. The number of hydrogen-bond donors (Lipinski definition) is 2. The van der Waals surface area contributed by atoms with Crippen LogP contribution in [0.1, 0.15) is 54.0 Å². The molecule has 5 rings (SSSR count). The Morgan fingerprint density at radius 2 is 1.85 bits per heavy atom. The van der Waals surface area contributed by atoms with Crippen molar-refractivity contribution in [1.82, 2.24) is 25.2 Å². The number of fused-ring (bicyclic) bond motifs is 1. The molecule has 39 heavy (non-hydrogen) atoms. The Hall–Kier alpha value is -3.38. The number of carbonyl (C=O) groups is 1. The van der Waals surface area contributed by atoms with E-state index in [0.29, 0.717) is 40.9 Å². The molecule has 0 radical (unpaired) electrons. The van der Waals surface area contributed by atoms with E-state index in [1.807, 2.05) is 11.0 Å². The monoisotopic (exact) mass is 546 g/mol. The number of pyridine rings is 1. The van der Waals surface area contributed by atoms with E-state index in [-0.39, 0.29) is 44.5 Å². The van der Waals surface area contributed by atoms with Crippen LogP contribution in [0.25, 0.3) is 10.9 Å². The summed E-state index contributed by atoms with van der Waals surface area (Å²) in [5.74, 6) is -6.21. The summed E-state index contributed by atoms with van der Waals surface area (Å²) in [6, 6.07) is 8.23. The molecule has 2 saturated heterocycles. The number of carbonyl (C=O) groups excluding carboxylic acids is 1. The number of aliphatic hydroxyl groups is 1. The van der Waals surface area contributed by atoms with Crippen LogP contribution in [0.5, 0.6) is 0 Å². The lowest BCUT2D eigenvalue weighted by Crippen LogP contribution is -2.51. The summed E-state index contributed by atoms with van der Waals surface area (Å²) >= 11 is 0. The molecule has 0 bridgehead atoms. The average molecular weight is 547 g/mol. The van der Waals surface area contributed by atoms with E-state index in [0.717, 1.165) is 0 Å². The summed E-state index contributed by atoms with van der Waals surface area (Å²) in [5.41, 5.74) is 1.47. The highest BCUT2D eigenvalue weighted by atomic mass is 19.3. The first kappa shape index (κ1) is 27.2. The number of alkyl halides is 4. The summed E-state index contributed by atoms with van der Waals surface area (Å²) < 4.78 is 55.8. The topological polar surface area (TPSA) is 94.5 Å². The van der Waals surface area contributed by atoms with Crippen molar-refractivity contribution < 1.29 is 27.5 Å². The number of β-amino-alcohol motifs (C(OH)–C–C–N with tert-alkyl or cyclic N) is 1. The van der Waals surface area contributed by atoms with Gasteiger partial charge in [-0.15, -0.1) is 0 Å². The van der Waals surface area contributed by atoms with E-state index in [4.69, 9.17) is 0 Å². The number of piperidine rings is 1. The Morgan fingerprint density at radius 1 is 1.15 bits per heavy atom. The maximum absolute atomic E-state index is 14.0. The van der Waals surface area contributed by atoms with Crippen LogP contribution in [0.3, 0.4) is 0 Å². The zero-order chi connectivity index (χ0) is 27.8. The number of nitrogens with zero attached hydrogens (tertiary/aromatic N) is 5. The number of anilines is 1. The molecule has 1 unspecified atom stereocenters. The molecule has 2 fully saturated rings. The Morgan fingerprint density at radius 3 is 2.49 bits per heavy atom. The van der Waals surface area contributed by atoms with Gasteiger partial charge in [0.1, 0.15) is 5.82 Å². The van der Waals surface area contributed by atoms with Gasteiger partial charge in [0.2, 0.25) is 0 Å². The van der Waals surface area contributed by atoms with Crippen LogP contribution in [0.15, 0.2) is 42.7 Å². The van der Waals surface area contributed by atoms with Crippen LogP contribution in [0.2, 0.25) is 0 Å². The van der Waals surface area contributed by atoms with Gasteiger partial charge in [-0.1, -0.05) is 13.0 Å². The fourth-order valence-electron chi connectivity index (χ4n) is 4.92. The van der Waals surface area contributed by atoms with E-state index >= 15 is 0 Å². The molecular formula is C27H30F4N6O2. The summed E-state index contributed by atoms with van der Waals surface area (Å²) in [6.07, 6.45) is 1.07. The standard InChI is InChI=1S/C27H30F4N6O2/c1-2-27(30,31)25-33-12-17(13-34-25)22(36-10-8-26(28,29)9-11-36)14-32-24(39)20-4-3-5-21-19(20)6-7-23(35-21)37-15-18(38)16-37/h3-7,12-13,18,22,38H,2,8-11,14-16H2,1H3,(H,32,39). The molecule has 0 aliphatic carbocycles. The largest absolute Gasteiger partial charge is 0.389 e. The zero-order valence-corrected chi connectivity index (χ0v) is 21.5. The van der Waals surface area contributed by atoms with E-state index in [9.17, 15) is 27.5 Å².